The third-order valence-corrected chi connectivity index (χ3v) is 7.63. The number of nitrogens with zero attached hydrogens (tertiary/aromatic N) is 1. The van der Waals surface area contributed by atoms with Crippen molar-refractivity contribution in [3.05, 3.63) is 60.2 Å². The second-order valence-corrected chi connectivity index (χ2v) is 9.54. The van der Waals surface area contributed by atoms with Gasteiger partial charge in [0.1, 0.15) is 0 Å². The number of halogens is 1. The van der Waals surface area contributed by atoms with E-state index in [-0.39, 0.29) is 22.1 Å². The van der Waals surface area contributed by atoms with Crippen molar-refractivity contribution in [3.8, 4) is 0 Å². The first-order valence-corrected chi connectivity index (χ1v) is 10.7. The number of hydrogen-bond donors (Lipinski definition) is 1. The van der Waals surface area contributed by atoms with Crippen LogP contribution in [0.4, 0.5) is 5.69 Å². The van der Waals surface area contributed by atoms with Crippen LogP contribution in [0.3, 0.4) is 0 Å². The molecule has 0 saturated heterocycles. The third kappa shape index (κ3) is 2.61. The van der Waals surface area contributed by atoms with Crippen LogP contribution in [0.15, 0.2) is 44.5 Å². The predicted molar refractivity (Wildman–Crippen MR) is 98.0 cm³/mol. The average Bonchev–Trinajstić information content (AvgIpc) is 2.89. The van der Waals surface area contributed by atoms with E-state index in [9.17, 15) is 23.3 Å². The Balaban J connectivity index is 1.96. The summed E-state index contributed by atoms with van der Waals surface area (Å²) in [7, 11) is -3.51. The second kappa shape index (κ2) is 6.02. The van der Waals surface area contributed by atoms with Crippen molar-refractivity contribution in [1.29, 1.82) is 0 Å². The molecule has 3 aliphatic rings. The molecule has 0 bridgehead atoms. The molecule has 7 nitrogen and oxygen atoms in total. The van der Waals surface area contributed by atoms with Gasteiger partial charge in [-0.15, -0.1) is 0 Å². The minimum Gasteiger partial charge on any atom is -0.361 e. The van der Waals surface area contributed by atoms with Gasteiger partial charge in [0.2, 0.25) is 0 Å². The van der Waals surface area contributed by atoms with E-state index in [2.05, 4.69) is 21.2 Å². The van der Waals surface area contributed by atoms with Crippen molar-refractivity contribution in [3.63, 3.8) is 0 Å². The topological polar surface area (TPSA) is 106 Å². The molecule has 0 radical (unpaired) electrons. The van der Waals surface area contributed by atoms with Gasteiger partial charge in [0, 0.05) is 35.9 Å². The number of ketones is 1. The Morgan fingerprint density at radius 2 is 1.96 bits per heavy atom. The summed E-state index contributed by atoms with van der Waals surface area (Å²) in [6.07, 6.45) is 2.12. The Morgan fingerprint density at radius 1 is 1.19 bits per heavy atom. The van der Waals surface area contributed by atoms with Gasteiger partial charge in [-0.1, -0.05) is 6.07 Å². The lowest BCUT2D eigenvalue weighted by molar-refractivity contribution is -0.385. The smallest absolute Gasteiger partial charge is 0.283 e. The van der Waals surface area contributed by atoms with E-state index in [4.69, 9.17) is 0 Å². The van der Waals surface area contributed by atoms with Crippen LogP contribution in [-0.4, -0.2) is 24.9 Å². The van der Waals surface area contributed by atoms with Crippen molar-refractivity contribution in [2.45, 2.75) is 31.6 Å². The zero-order valence-corrected chi connectivity index (χ0v) is 16.0. The van der Waals surface area contributed by atoms with E-state index in [1.807, 2.05) is 0 Å². The number of nitrogens with one attached hydrogen (secondary N) is 1. The number of sulfone groups is 1. The summed E-state index contributed by atoms with van der Waals surface area (Å²) in [5.74, 6) is -0.870. The standard InChI is InChI=1S/C17H15BrN2O5S/c18-10-5-4-9(8-13(10)20(22)23)15-16-11(2-1-3-14(16)21)19-12-6-7-26(24,25)17(12)15/h4-5,8,15,19H,1-3,6-7H2. The van der Waals surface area contributed by atoms with E-state index < -0.39 is 20.7 Å². The molecule has 1 atom stereocenters. The van der Waals surface area contributed by atoms with Crippen molar-refractivity contribution in [2.75, 3.05) is 5.75 Å². The normalized spacial score (nSPS) is 24.2. The molecule has 0 saturated carbocycles. The Labute approximate surface area is 158 Å². The van der Waals surface area contributed by atoms with Gasteiger partial charge in [0.25, 0.3) is 5.69 Å². The molecule has 136 valence electrons. The molecule has 1 unspecified atom stereocenters. The van der Waals surface area contributed by atoms with E-state index in [0.29, 0.717) is 47.0 Å². The number of hydrogen-bond acceptors (Lipinski definition) is 6. The first-order chi connectivity index (χ1) is 12.3. The van der Waals surface area contributed by atoms with Crippen molar-refractivity contribution in [2.24, 2.45) is 0 Å². The Kier molecular flexibility index (Phi) is 4.03. The summed E-state index contributed by atoms with van der Waals surface area (Å²) in [4.78, 5) is 23.6. The highest BCUT2D eigenvalue weighted by Crippen LogP contribution is 2.48. The Hall–Kier alpha value is -2.00. The molecular formula is C17H15BrN2O5S. The van der Waals surface area contributed by atoms with Crippen LogP contribution in [0, 0.1) is 10.1 Å². The first kappa shape index (κ1) is 17.4. The van der Waals surface area contributed by atoms with Crippen molar-refractivity contribution >= 4 is 37.2 Å². The minimum absolute atomic E-state index is 0.00542. The minimum atomic E-state index is -3.51. The molecule has 0 fully saturated rings. The maximum atomic E-state index is 12.7. The maximum absolute atomic E-state index is 12.7. The lowest BCUT2D eigenvalue weighted by Gasteiger charge is -2.33. The summed E-state index contributed by atoms with van der Waals surface area (Å²) in [6.45, 7) is 0. The number of nitro benzene ring substituents is 1. The number of benzene rings is 1. The first-order valence-electron chi connectivity index (χ1n) is 8.22. The molecule has 1 N–H and O–H groups in total. The fraction of sp³-hybridized carbons (Fsp3) is 0.353. The van der Waals surface area contributed by atoms with Crippen LogP contribution < -0.4 is 5.32 Å². The van der Waals surface area contributed by atoms with Gasteiger partial charge in [-0.2, -0.15) is 0 Å². The van der Waals surface area contributed by atoms with Crippen LogP contribution in [0.1, 0.15) is 37.2 Å². The highest BCUT2D eigenvalue weighted by atomic mass is 79.9. The SMILES string of the molecule is O=C1CCCC2=C1C(c1ccc(Br)c([N+](=O)[O-])c1)C1=C(CCS1(=O)=O)N2. The predicted octanol–water partition coefficient (Wildman–Crippen LogP) is 3.08. The van der Waals surface area contributed by atoms with Crippen molar-refractivity contribution in [1.82, 2.24) is 5.32 Å². The zero-order chi connectivity index (χ0) is 18.6. The average molecular weight is 439 g/mol. The highest BCUT2D eigenvalue weighted by Gasteiger charge is 2.44. The molecule has 2 heterocycles. The molecule has 0 spiro atoms. The highest BCUT2D eigenvalue weighted by molar-refractivity contribution is 9.10. The lowest BCUT2D eigenvalue weighted by Crippen LogP contribution is -2.32. The largest absolute Gasteiger partial charge is 0.361 e. The molecule has 9 heteroatoms. The summed E-state index contributed by atoms with van der Waals surface area (Å²) >= 11 is 3.15. The fourth-order valence-corrected chi connectivity index (χ4v) is 6.17. The molecule has 1 aliphatic carbocycles. The molecule has 2 aliphatic heterocycles. The van der Waals surface area contributed by atoms with Gasteiger partial charge in [0.15, 0.2) is 15.6 Å². The Morgan fingerprint density at radius 3 is 2.69 bits per heavy atom. The van der Waals surface area contributed by atoms with Gasteiger partial charge in [-0.05, 0) is 40.4 Å². The quantitative estimate of drug-likeness (QED) is 0.561. The number of rotatable bonds is 2. The number of allylic oxidation sites excluding steroid dienone is 4. The molecule has 4 rings (SSSR count). The van der Waals surface area contributed by atoms with Crippen LogP contribution in [0.5, 0.6) is 0 Å². The van der Waals surface area contributed by atoms with E-state index in [1.165, 1.54) is 12.1 Å². The number of Topliss-reactive ketones (excluding diaryl/α,β-unsaturated/α-hetero) is 1. The van der Waals surface area contributed by atoms with Gasteiger partial charge in [-0.3, -0.25) is 14.9 Å². The summed E-state index contributed by atoms with van der Waals surface area (Å²) in [6, 6.07) is 4.55. The number of dihydropyridines is 1. The number of nitro groups is 1. The summed E-state index contributed by atoms with van der Waals surface area (Å²) in [5.41, 5.74) is 2.13. The summed E-state index contributed by atoms with van der Waals surface area (Å²) in [5, 5.41) is 14.5. The second-order valence-electron chi connectivity index (χ2n) is 6.61. The lowest BCUT2D eigenvalue weighted by atomic mass is 9.79. The number of carbonyl (C=O) groups excluding carboxylic acids is 1. The van der Waals surface area contributed by atoms with Crippen LogP contribution in [0.25, 0.3) is 0 Å². The molecule has 1 aromatic carbocycles. The molecule has 0 amide bonds. The number of carbonyl (C=O) groups is 1. The fourth-order valence-electron chi connectivity index (χ4n) is 3.94. The van der Waals surface area contributed by atoms with Gasteiger partial charge in [-0.25, -0.2) is 8.42 Å². The van der Waals surface area contributed by atoms with Crippen LogP contribution in [-0.2, 0) is 14.6 Å². The van der Waals surface area contributed by atoms with Gasteiger partial charge >= 0.3 is 0 Å². The van der Waals surface area contributed by atoms with E-state index in [1.54, 1.807) is 6.07 Å². The molecule has 26 heavy (non-hydrogen) atoms. The van der Waals surface area contributed by atoms with Crippen LogP contribution in [0.2, 0.25) is 0 Å². The molecule has 0 aromatic heterocycles. The zero-order valence-electron chi connectivity index (χ0n) is 13.6. The maximum Gasteiger partial charge on any atom is 0.283 e. The monoisotopic (exact) mass is 438 g/mol. The van der Waals surface area contributed by atoms with E-state index >= 15 is 0 Å². The van der Waals surface area contributed by atoms with E-state index in [0.717, 1.165) is 5.70 Å². The van der Waals surface area contributed by atoms with Crippen LogP contribution >= 0.6 is 15.9 Å². The van der Waals surface area contributed by atoms with Crippen molar-refractivity contribution < 1.29 is 18.1 Å². The van der Waals surface area contributed by atoms with Gasteiger partial charge in [0.05, 0.1) is 26.0 Å². The van der Waals surface area contributed by atoms with Gasteiger partial charge < -0.3 is 5.32 Å². The third-order valence-electron chi connectivity index (χ3n) is 5.06. The molecular weight excluding hydrogens is 424 g/mol. The Bertz CT molecular complexity index is 1030. The summed E-state index contributed by atoms with van der Waals surface area (Å²) < 4.78 is 25.7. The molecule has 1 aromatic rings.